The molecular weight excluding hydrogens is 190 g/mol. The van der Waals surface area contributed by atoms with Crippen LogP contribution in [0.4, 0.5) is 0 Å². The number of nitrogens with zero attached hydrogens (tertiary/aromatic N) is 2. The van der Waals surface area contributed by atoms with Gasteiger partial charge in [0, 0.05) is 5.56 Å². The minimum Gasteiger partial charge on any atom is -0.334 e. The van der Waals surface area contributed by atoms with Gasteiger partial charge in [-0.2, -0.15) is 4.98 Å². The fourth-order valence-corrected chi connectivity index (χ4v) is 1.23. The molecule has 4 nitrogen and oxygen atoms in total. The van der Waals surface area contributed by atoms with Crippen LogP contribution in [0.2, 0.25) is 0 Å². The standard InChI is InChI=1S/C11H13N3O/c1-7-3-5-9(6-4-7)11-13-10(8(2)12)14-15-11/h3-6,8H,12H2,1-2H3. The number of benzene rings is 1. The van der Waals surface area contributed by atoms with Gasteiger partial charge in [-0.15, -0.1) is 0 Å². The van der Waals surface area contributed by atoms with Crippen molar-refractivity contribution in [3.05, 3.63) is 35.7 Å². The highest BCUT2D eigenvalue weighted by Gasteiger charge is 2.10. The van der Waals surface area contributed by atoms with Gasteiger partial charge in [-0.3, -0.25) is 0 Å². The van der Waals surface area contributed by atoms with Gasteiger partial charge < -0.3 is 10.3 Å². The summed E-state index contributed by atoms with van der Waals surface area (Å²) < 4.78 is 5.11. The van der Waals surface area contributed by atoms with E-state index in [9.17, 15) is 0 Å². The van der Waals surface area contributed by atoms with Gasteiger partial charge >= 0.3 is 0 Å². The Balaban J connectivity index is 2.33. The van der Waals surface area contributed by atoms with E-state index in [2.05, 4.69) is 10.1 Å². The van der Waals surface area contributed by atoms with Crippen LogP contribution in [-0.4, -0.2) is 10.1 Å². The molecule has 78 valence electrons. The Morgan fingerprint density at radius 3 is 2.47 bits per heavy atom. The van der Waals surface area contributed by atoms with E-state index in [-0.39, 0.29) is 6.04 Å². The lowest BCUT2D eigenvalue weighted by atomic mass is 10.1. The number of aromatic nitrogens is 2. The van der Waals surface area contributed by atoms with E-state index < -0.39 is 0 Å². The largest absolute Gasteiger partial charge is 0.334 e. The lowest BCUT2D eigenvalue weighted by Crippen LogP contribution is -2.06. The summed E-state index contributed by atoms with van der Waals surface area (Å²) in [7, 11) is 0. The Morgan fingerprint density at radius 2 is 1.93 bits per heavy atom. The summed E-state index contributed by atoms with van der Waals surface area (Å²) in [4.78, 5) is 4.21. The molecule has 2 rings (SSSR count). The number of hydrogen-bond donors (Lipinski definition) is 1. The van der Waals surface area contributed by atoms with Crippen LogP contribution in [0.3, 0.4) is 0 Å². The summed E-state index contributed by atoms with van der Waals surface area (Å²) in [5.41, 5.74) is 7.76. The normalized spacial score (nSPS) is 12.7. The molecule has 1 unspecified atom stereocenters. The zero-order valence-electron chi connectivity index (χ0n) is 8.77. The van der Waals surface area contributed by atoms with Crippen molar-refractivity contribution in [2.24, 2.45) is 5.73 Å². The van der Waals surface area contributed by atoms with Gasteiger partial charge in [0.2, 0.25) is 0 Å². The summed E-state index contributed by atoms with van der Waals surface area (Å²) in [6, 6.07) is 7.71. The highest BCUT2D eigenvalue weighted by atomic mass is 16.5. The van der Waals surface area contributed by atoms with Gasteiger partial charge in [0.1, 0.15) is 0 Å². The third-order valence-corrected chi connectivity index (χ3v) is 2.15. The molecule has 0 bridgehead atoms. The van der Waals surface area contributed by atoms with E-state index >= 15 is 0 Å². The van der Waals surface area contributed by atoms with Crippen LogP contribution in [-0.2, 0) is 0 Å². The minimum absolute atomic E-state index is 0.201. The van der Waals surface area contributed by atoms with Gasteiger partial charge in [0.25, 0.3) is 5.89 Å². The van der Waals surface area contributed by atoms with Crippen LogP contribution in [0.1, 0.15) is 24.4 Å². The van der Waals surface area contributed by atoms with Crippen molar-refractivity contribution in [3.63, 3.8) is 0 Å². The van der Waals surface area contributed by atoms with Gasteiger partial charge in [-0.1, -0.05) is 22.9 Å². The van der Waals surface area contributed by atoms with Crippen molar-refractivity contribution in [2.75, 3.05) is 0 Å². The Labute approximate surface area is 88.1 Å². The molecule has 0 radical (unpaired) electrons. The molecule has 1 aromatic heterocycles. The molecule has 0 spiro atoms. The van der Waals surface area contributed by atoms with Crippen molar-refractivity contribution in [1.29, 1.82) is 0 Å². The summed E-state index contributed by atoms with van der Waals surface area (Å²) >= 11 is 0. The fourth-order valence-electron chi connectivity index (χ4n) is 1.23. The van der Waals surface area contributed by atoms with Crippen LogP contribution in [0.5, 0.6) is 0 Å². The zero-order valence-corrected chi connectivity index (χ0v) is 8.77. The van der Waals surface area contributed by atoms with Crippen molar-refractivity contribution in [1.82, 2.24) is 10.1 Å². The molecule has 15 heavy (non-hydrogen) atoms. The summed E-state index contributed by atoms with van der Waals surface area (Å²) in [6.45, 7) is 3.86. The number of rotatable bonds is 2. The van der Waals surface area contributed by atoms with Crippen LogP contribution in [0.15, 0.2) is 28.8 Å². The van der Waals surface area contributed by atoms with Crippen LogP contribution < -0.4 is 5.73 Å². The van der Waals surface area contributed by atoms with Gasteiger partial charge in [0.15, 0.2) is 5.82 Å². The molecule has 0 fully saturated rings. The molecule has 1 heterocycles. The van der Waals surface area contributed by atoms with E-state index in [1.165, 1.54) is 5.56 Å². The first kappa shape index (κ1) is 9.86. The van der Waals surface area contributed by atoms with E-state index in [0.717, 1.165) is 5.56 Å². The Kier molecular flexibility index (Phi) is 2.51. The van der Waals surface area contributed by atoms with Gasteiger partial charge in [-0.05, 0) is 26.0 Å². The maximum Gasteiger partial charge on any atom is 0.257 e. The second kappa shape index (κ2) is 3.82. The van der Waals surface area contributed by atoms with E-state index in [4.69, 9.17) is 10.3 Å². The second-order valence-corrected chi connectivity index (χ2v) is 3.61. The van der Waals surface area contributed by atoms with Gasteiger partial charge in [-0.25, -0.2) is 0 Å². The van der Waals surface area contributed by atoms with E-state index in [0.29, 0.717) is 11.7 Å². The minimum atomic E-state index is -0.201. The van der Waals surface area contributed by atoms with Crippen molar-refractivity contribution < 1.29 is 4.52 Å². The lowest BCUT2D eigenvalue weighted by Gasteiger charge is -1.95. The monoisotopic (exact) mass is 203 g/mol. The molecule has 0 aliphatic rings. The van der Waals surface area contributed by atoms with Crippen LogP contribution in [0, 0.1) is 6.92 Å². The Morgan fingerprint density at radius 1 is 1.27 bits per heavy atom. The molecule has 0 saturated carbocycles. The first-order valence-corrected chi connectivity index (χ1v) is 4.83. The quantitative estimate of drug-likeness (QED) is 0.811. The molecule has 0 aliphatic heterocycles. The second-order valence-electron chi connectivity index (χ2n) is 3.61. The third-order valence-electron chi connectivity index (χ3n) is 2.15. The third kappa shape index (κ3) is 2.05. The number of aryl methyl sites for hydroxylation is 1. The van der Waals surface area contributed by atoms with Gasteiger partial charge in [0.05, 0.1) is 6.04 Å². The Hall–Kier alpha value is -1.68. The zero-order chi connectivity index (χ0) is 10.8. The number of hydrogen-bond acceptors (Lipinski definition) is 4. The van der Waals surface area contributed by atoms with E-state index in [1.807, 2.05) is 38.1 Å². The van der Waals surface area contributed by atoms with E-state index in [1.54, 1.807) is 0 Å². The average Bonchev–Trinajstić information content (AvgIpc) is 2.68. The maximum absolute atomic E-state index is 5.64. The van der Waals surface area contributed by atoms with Crippen molar-refractivity contribution in [3.8, 4) is 11.5 Å². The highest BCUT2D eigenvalue weighted by molar-refractivity contribution is 5.53. The molecule has 0 saturated heterocycles. The lowest BCUT2D eigenvalue weighted by molar-refractivity contribution is 0.418. The summed E-state index contributed by atoms with van der Waals surface area (Å²) in [6.07, 6.45) is 0. The Bertz CT molecular complexity index is 445. The summed E-state index contributed by atoms with van der Waals surface area (Å²) in [5, 5.41) is 3.80. The number of nitrogens with two attached hydrogens (primary N) is 1. The molecule has 1 atom stereocenters. The molecule has 0 amide bonds. The first-order valence-electron chi connectivity index (χ1n) is 4.83. The molecule has 0 aliphatic carbocycles. The average molecular weight is 203 g/mol. The predicted molar refractivity (Wildman–Crippen MR) is 57.1 cm³/mol. The highest BCUT2D eigenvalue weighted by Crippen LogP contribution is 2.18. The maximum atomic E-state index is 5.64. The molecule has 2 aromatic rings. The molecule has 4 heteroatoms. The molecule has 2 N–H and O–H groups in total. The van der Waals surface area contributed by atoms with Crippen molar-refractivity contribution in [2.45, 2.75) is 19.9 Å². The first-order chi connectivity index (χ1) is 7.16. The molecular formula is C11H13N3O. The smallest absolute Gasteiger partial charge is 0.257 e. The SMILES string of the molecule is Cc1ccc(-c2nc(C(C)N)no2)cc1. The van der Waals surface area contributed by atoms with Crippen LogP contribution in [0.25, 0.3) is 11.5 Å². The summed E-state index contributed by atoms with van der Waals surface area (Å²) in [5.74, 6) is 1.05. The molecule has 1 aromatic carbocycles. The fraction of sp³-hybridized carbons (Fsp3) is 0.273. The predicted octanol–water partition coefficient (Wildman–Crippen LogP) is 2.06. The van der Waals surface area contributed by atoms with Crippen molar-refractivity contribution >= 4 is 0 Å². The topological polar surface area (TPSA) is 64.9 Å². The van der Waals surface area contributed by atoms with Crippen LogP contribution >= 0.6 is 0 Å².